The summed E-state index contributed by atoms with van der Waals surface area (Å²) in [6.07, 6.45) is 7.49. The standard InChI is InChI=1S/2C7H9.C2H6Si.2BrH.Hf/c2*1-6-4-3-5-7(6)2;1-3-2;;;/h2*4H,3H2,1-2H3;1-2H3;2*1H;/q;;;;;+2/p-2. The average molecular weight is 583 g/mol. The monoisotopic (exact) mass is 582 g/mol. The van der Waals surface area contributed by atoms with Gasteiger partial charge in [-0.2, -0.15) is 0 Å². The zero-order valence-electron chi connectivity index (χ0n) is 13.3. The Morgan fingerprint density at radius 2 is 1.15 bits per heavy atom. The van der Waals surface area contributed by atoms with Gasteiger partial charge in [0.15, 0.2) is 0 Å². The number of hydrogen-bond acceptors (Lipinski definition) is 0. The van der Waals surface area contributed by atoms with Crippen molar-refractivity contribution in [2.45, 2.75) is 53.6 Å². The molecule has 0 N–H and O–H groups in total. The van der Waals surface area contributed by atoms with E-state index in [2.05, 4.69) is 52.9 Å². The van der Waals surface area contributed by atoms with Crippen LogP contribution in [0.3, 0.4) is 0 Å². The molecule has 4 heteroatoms. The number of allylic oxidation sites excluding steroid dienone is 8. The van der Waals surface area contributed by atoms with Gasteiger partial charge in [-0.05, 0) is 0 Å². The second-order valence-corrected chi connectivity index (χ2v) is 29.7. The van der Waals surface area contributed by atoms with Gasteiger partial charge in [0.2, 0.25) is 0 Å². The average Bonchev–Trinajstić information content (AvgIpc) is 2.79. The van der Waals surface area contributed by atoms with E-state index >= 15 is 0 Å². The molecule has 2 rings (SSSR count). The van der Waals surface area contributed by atoms with E-state index in [0.717, 1.165) is 0 Å². The molecule has 0 aromatic heterocycles. The summed E-state index contributed by atoms with van der Waals surface area (Å²) in [7, 11) is 0. The minimum Gasteiger partial charge on any atom is -1.00 e. The van der Waals surface area contributed by atoms with Gasteiger partial charge < -0.3 is 34.0 Å². The Hall–Kier alpha value is 1.01. The topological polar surface area (TPSA) is 0 Å². The second kappa shape index (κ2) is 8.59. The van der Waals surface area contributed by atoms with Crippen LogP contribution in [0.4, 0.5) is 0 Å². The van der Waals surface area contributed by atoms with E-state index in [4.69, 9.17) is 0 Å². The molecule has 20 heavy (non-hydrogen) atoms. The van der Waals surface area contributed by atoms with Crippen LogP contribution in [0.5, 0.6) is 0 Å². The van der Waals surface area contributed by atoms with Crippen molar-refractivity contribution in [3.8, 4) is 0 Å². The van der Waals surface area contributed by atoms with E-state index in [1.165, 1.54) is 12.8 Å². The molecule has 0 atom stereocenters. The predicted octanol–water partition coefficient (Wildman–Crippen LogP) is -0.888. The third-order valence-electron chi connectivity index (χ3n) is 4.42. The third kappa shape index (κ3) is 4.05. The van der Waals surface area contributed by atoms with Crippen molar-refractivity contribution in [3.63, 3.8) is 0 Å². The molecule has 0 aromatic rings. The maximum absolute atomic E-state index is 2.56. The van der Waals surface area contributed by atoms with Crippen molar-refractivity contribution in [1.29, 1.82) is 0 Å². The molecule has 0 amide bonds. The molecule has 0 saturated heterocycles. The van der Waals surface area contributed by atoms with Gasteiger partial charge in [-0.15, -0.1) is 0 Å². The first-order valence-corrected chi connectivity index (χ1v) is 18.3. The number of halogens is 2. The van der Waals surface area contributed by atoms with E-state index in [0.29, 0.717) is 0 Å². The van der Waals surface area contributed by atoms with Crippen LogP contribution in [0.25, 0.3) is 0 Å². The van der Waals surface area contributed by atoms with Crippen LogP contribution in [0, 0.1) is 0 Å². The molecule has 0 spiro atoms. The summed E-state index contributed by atoms with van der Waals surface area (Å²) in [6.45, 7) is 14.5. The smallest absolute Gasteiger partial charge is 1.00 e. The van der Waals surface area contributed by atoms with Crippen molar-refractivity contribution >= 4 is 5.49 Å². The van der Waals surface area contributed by atoms with E-state index in [1.54, 1.807) is 22.3 Å². The van der Waals surface area contributed by atoms with Gasteiger partial charge in [0.05, 0.1) is 0 Å². The Morgan fingerprint density at radius 3 is 1.35 bits per heavy atom. The fraction of sp³-hybridized carbons (Fsp3) is 0.500. The van der Waals surface area contributed by atoms with Gasteiger partial charge in [0.1, 0.15) is 0 Å². The fourth-order valence-corrected chi connectivity index (χ4v) is 29.5. The molecule has 0 radical (unpaired) electrons. The van der Waals surface area contributed by atoms with Gasteiger partial charge in [0, 0.05) is 0 Å². The molecule has 0 heterocycles. The molecule has 2 aliphatic carbocycles. The van der Waals surface area contributed by atoms with E-state index in [-0.39, 0.29) is 39.5 Å². The van der Waals surface area contributed by atoms with Crippen LogP contribution >= 0.6 is 0 Å². The molecule has 110 valence electrons. The van der Waals surface area contributed by atoms with Crippen molar-refractivity contribution in [1.82, 2.24) is 0 Å². The van der Waals surface area contributed by atoms with Gasteiger partial charge >= 0.3 is 120 Å². The minimum atomic E-state index is -1.70. The van der Waals surface area contributed by atoms with Crippen LogP contribution in [0.2, 0.25) is 13.1 Å². The van der Waals surface area contributed by atoms with Crippen LogP contribution < -0.4 is 34.0 Å². The molecule has 0 unspecified atom stereocenters. The van der Waals surface area contributed by atoms with E-state index < -0.39 is 20.1 Å². The van der Waals surface area contributed by atoms with Crippen LogP contribution in [0.1, 0.15) is 40.5 Å². The molecule has 0 bridgehead atoms. The van der Waals surface area contributed by atoms with Crippen molar-refractivity contribution in [2.24, 2.45) is 0 Å². The zero-order valence-corrected chi connectivity index (χ0v) is 21.1. The summed E-state index contributed by atoms with van der Waals surface area (Å²) in [6, 6.07) is 0. The van der Waals surface area contributed by atoms with Crippen LogP contribution in [-0.2, 0) is 20.1 Å². The fourth-order valence-electron chi connectivity index (χ4n) is 2.96. The zero-order chi connectivity index (χ0) is 13.4. The molecular weight excluding hydrogens is 559 g/mol. The summed E-state index contributed by atoms with van der Waals surface area (Å²) < 4.78 is 3.85. The summed E-state index contributed by atoms with van der Waals surface area (Å²) >= 11 is -1.70. The maximum atomic E-state index is 2.56. The second-order valence-electron chi connectivity index (χ2n) is 5.76. The number of hydrogen-bond donors (Lipinski definition) is 0. The predicted molar refractivity (Wildman–Crippen MR) is 79.6 cm³/mol. The Morgan fingerprint density at radius 1 is 0.800 bits per heavy atom. The Bertz CT molecular complexity index is 515. The summed E-state index contributed by atoms with van der Waals surface area (Å²) in [5.41, 5.74) is 6.31. The van der Waals surface area contributed by atoms with Crippen molar-refractivity contribution in [2.75, 3.05) is 0 Å². The van der Waals surface area contributed by atoms with Gasteiger partial charge in [0.25, 0.3) is 0 Å². The summed E-state index contributed by atoms with van der Waals surface area (Å²) in [5, 5.41) is 0. The van der Waals surface area contributed by atoms with Gasteiger partial charge in [-0.25, -0.2) is 0 Å². The normalized spacial score (nSPS) is 17.1. The Balaban J connectivity index is 0.00000180. The Labute approximate surface area is 153 Å². The number of rotatable bonds is 2. The first kappa shape index (κ1) is 21.0. The summed E-state index contributed by atoms with van der Waals surface area (Å²) in [4.78, 5) is 0. The molecule has 2 aliphatic rings. The molecule has 0 aromatic carbocycles. The minimum absolute atomic E-state index is 0. The van der Waals surface area contributed by atoms with Crippen molar-refractivity contribution < 1.29 is 54.0 Å². The SMILES string of the molecule is CC1=CC[C]([Hf+2]([C]2=C(C)C(C)=CC2)=[Si](C)C)=C1C.[Br-].[Br-]. The third-order valence-corrected chi connectivity index (χ3v) is 29.6. The quantitative estimate of drug-likeness (QED) is 0.371. The molecule has 0 nitrogen and oxygen atoms in total. The largest absolute Gasteiger partial charge is 1.00 e. The molecule has 0 fully saturated rings. The summed E-state index contributed by atoms with van der Waals surface area (Å²) in [5.74, 6) is 0. The maximum Gasteiger partial charge on any atom is -1.00 e. The first-order valence-electron chi connectivity index (χ1n) is 6.85. The van der Waals surface area contributed by atoms with E-state index in [1.807, 2.05) is 6.66 Å². The van der Waals surface area contributed by atoms with Gasteiger partial charge in [-0.1, -0.05) is 0 Å². The Kier molecular flexibility index (Phi) is 9.02. The van der Waals surface area contributed by atoms with E-state index in [9.17, 15) is 0 Å². The van der Waals surface area contributed by atoms with Crippen LogP contribution in [-0.4, -0.2) is 5.49 Å². The first-order chi connectivity index (χ1) is 8.43. The van der Waals surface area contributed by atoms with Crippen molar-refractivity contribution in [3.05, 3.63) is 41.1 Å². The van der Waals surface area contributed by atoms with Gasteiger partial charge in [-0.3, -0.25) is 0 Å². The van der Waals surface area contributed by atoms with Crippen LogP contribution in [0.15, 0.2) is 41.1 Å². The molecular formula is C16H24Br2HfSi. The molecule has 0 aliphatic heterocycles. The molecule has 0 saturated carbocycles.